The highest BCUT2D eigenvalue weighted by molar-refractivity contribution is 7.88. The van der Waals surface area contributed by atoms with Gasteiger partial charge < -0.3 is 10.2 Å². The lowest BCUT2D eigenvalue weighted by Gasteiger charge is -2.28. The number of anilines is 2. The smallest absolute Gasteiger partial charge is 0.224 e. The van der Waals surface area contributed by atoms with Crippen LogP contribution in [0.5, 0.6) is 0 Å². The number of benzene rings is 1. The molecule has 0 radical (unpaired) electrons. The number of aromatic nitrogens is 2. The van der Waals surface area contributed by atoms with Crippen molar-refractivity contribution < 1.29 is 8.42 Å². The van der Waals surface area contributed by atoms with Crippen LogP contribution in [0.1, 0.15) is 30.5 Å². The fourth-order valence-corrected chi connectivity index (χ4v) is 4.42. The molecule has 1 aliphatic rings. The van der Waals surface area contributed by atoms with E-state index in [9.17, 15) is 8.42 Å². The minimum Gasteiger partial charge on any atom is -0.356 e. The van der Waals surface area contributed by atoms with Gasteiger partial charge in [0.15, 0.2) is 0 Å². The Balaban J connectivity index is 1.50. The summed E-state index contributed by atoms with van der Waals surface area (Å²) in [7, 11) is -3.42. The third-order valence-corrected chi connectivity index (χ3v) is 6.13. The van der Waals surface area contributed by atoms with Crippen LogP contribution in [0.15, 0.2) is 30.3 Å². The SMILES string of the molecule is Cc1cc(N2CCCCC2)nc(NCCNS(=O)(=O)Cc2ccc(Cl)cc2)n1. The molecule has 7 nitrogen and oxygen atoms in total. The molecule has 0 spiro atoms. The van der Waals surface area contributed by atoms with Crippen molar-refractivity contribution in [3.63, 3.8) is 0 Å². The van der Waals surface area contributed by atoms with Crippen LogP contribution in [-0.2, 0) is 15.8 Å². The fourth-order valence-electron chi connectivity index (χ4n) is 3.15. The number of sulfonamides is 1. The van der Waals surface area contributed by atoms with Crippen LogP contribution >= 0.6 is 11.6 Å². The van der Waals surface area contributed by atoms with Gasteiger partial charge in [0.05, 0.1) is 5.75 Å². The van der Waals surface area contributed by atoms with Crippen LogP contribution < -0.4 is 14.9 Å². The van der Waals surface area contributed by atoms with E-state index in [-0.39, 0.29) is 12.3 Å². The van der Waals surface area contributed by atoms with Crippen molar-refractivity contribution in [2.45, 2.75) is 31.9 Å². The first-order chi connectivity index (χ1) is 13.4. The van der Waals surface area contributed by atoms with Gasteiger partial charge in [-0.15, -0.1) is 0 Å². The van der Waals surface area contributed by atoms with Crippen molar-refractivity contribution >= 4 is 33.4 Å². The van der Waals surface area contributed by atoms with E-state index in [2.05, 4.69) is 24.9 Å². The number of nitrogens with one attached hydrogen (secondary N) is 2. The summed E-state index contributed by atoms with van der Waals surface area (Å²) in [5.74, 6) is 1.38. The molecule has 2 aromatic rings. The van der Waals surface area contributed by atoms with Gasteiger partial charge in [-0.2, -0.15) is 4.98 Å². The maximum absolute atomic E-state index is 12.2. The van der Waals surface area contributed by atoms with Gasteiger partial charge in [0.2, 0.25) is 16.0 Å². The number of halogens is 1. The Morgan fingerprint density at radius 1 is 1.07 bits per heavy atom. The molecule has 1 fully saturated rings. The van der Waals surface area contributed by atoms with Crippen LogP contribution in [0.25, 0.3) is 0 Å². The first-order valence-electron chi connectivity index (χ1n) is 9.47. The van der Waals surface area contributed by atoms with Crippen molar-refractivity contribution in [3.05, 3.63) is 46.6 Å². The van der Waals surface area contributed by atoms with Crippen LogP contribution in [0, 0.1) is 6.92 Å². The van der Waals surface area contributed by atoms with Gasteiger partial charge in [-0.25, -0.2) is 18.1 Å². The lowest BCUT2D eigenvalue weighted by atomic mass is 10.1. The molecule has 0 bridgehead atoms. The first kappa shape index (κ1) is 20.8. The summed E-state index contributed by atoms with van der Waals surface area (Å²) < 4.78 is 27.0. The van der Waals surface area contributed by atoms with Gasteiger partial charge in [0.1, 0.15) is 5.82 Å². The summed E-state index contributed by atoms with van der Waals surface area (Å²) in [6.45, 7) is 4.63. The lowest BCUT2D eigenvalue weighted by Crippen LogP contribution is -2.31. The molecular formula is C19H26ClN5O2S. The molecule has 1 aromatic heterocycles. The van der Waals surface area contributed by atoms with Crippen molar-refractivity contribution in [1.29, 1.82) is 0 Å². The molecule has 0 atom stereocenters. The molecule has 3 rings (SSSR count). The number of nitrogens with zero attached hydrogens (tertiary/aromatic N) is 3. The van der Waals surface area contributed by atoms with Crippen LogP contribution in [0.3, 0.4) is 0 Å². The minimum atomic E-state index is -3.42. The fraction of sp³-hybridized carbons (Fsp3) is 0.474. The van der Waals surface area contributed by atoms with Gasteiger partial charge in [-0.3, -0.25) is 0 Å². The summed E-state index contributed by atoms with van der Waals surface area (Å²) in [4.78, 5) is 11.3. The van der Waals surface area contributed by atoms with Crippen LogP contribution in [0.4, 0.5) is 11.8 Å². The predicted molar refractivity (Wildman–Crippen MR) is 113 cm³/mol. The highest BCUT2D eigenvalue weighted by atomic mass is 35.5. The largest absolute Gasteiger partial charge is 0.356 e. The van der Waals surface area contributed by atoms with Crippen molar-refractivity contribution in [2.75, 3.05) is 36.4 Å². The standard InChI is InChI=1S/C19H26ClN5O2S/c1-15-13-18(25-11-3-2-4-12-25)24-19(23-15)21-9-10-22-28(26,27)14-16-5-7-17(20)8-6-16/h5-8,13,22H,2-4,9-12,14H2,1H3,(H,21,23,24). The molecular weight excluding hydrogens is 398 g/mol. The van der Waals surface area contributed by atoms with Gasteiger partial charge in [0.25, 0.3) is 0 Å². The average molecular weight is 424 g/mol. The number of rotatable bonds is 8. The Kier molecular flexibility index (Phi) is 7.09. The predicted octanol–water partition coefficient (Wildman–Crippen LogP) is 2.96. The number of piperidine rings is 1. The molecule has 2 heterocycles. The lowest BCUT2D eigenvalue weighted by molar-refractivity contribution is 0.573. The maximum atomic E-state index is 12.2. The maximum Gasteiger partial charge on any atom is 0.224 e. The second kappa shape index (κ2) is 9.54. The van der Waals surface area contributed by atoms with E-state index in [1.165, 1.54) is 19.3 Å². The molecule has 0 amide bonds. The molecule has 9 heteroatoms. The zero-order valence-corrected chi connectivity index (χ0v) is 17.6. The van der Waals surface area contributed by atoms with Crippen LogP contribution in [-0.4, -0.2) is 44.6 Å². The molecule has 28 heavy (non-hydrogen) atoms. The summed E-state index contributed by atoms with van der Waals surface area (Å²) in [6, 6.07) is 8.78. The van der Waals surface area contributed by atoms with Gasteiger partial charge in [-0.05, 0) is 43.9 Å². The summed E-state index contributed by atoms with van der Waals surface area (Å²) >= 11 is 5.83. The Morgan fingerprint density at radius 2 is 1.79 bits per heavy atom. The van der Waals surface area contributed by atoms with E-state index in [0.29, 0.717) is 23.1 Å². The Hall–Kier alpha value is -1.90. The summed E-state index contributed by atoms with van der Waals surface area (Å²) in [6.07, 6.45) is 3.63. The molecule has 0 unspecified atom stereocenters. The Morgan fingerprint density at radius 3 is 2.50 bits per heavy atom. The highest BCUT2D eigenvalue weighted by Gasteiger charge is 2.14. The molecule has 0 saturated carbocycles. The molecule has 1 saturated heterocycles. The van der Waals surface area contributed by atoms with Gasteiger partial charge in [0, 0.05) is 43.0 Å². The van der Waals surface area contributed by atoms with E-state index < -0.39 is 10.0 Å². The molecule has 152 valence electrons. The molecule has 0 aliphatic carbocycles. The zero-order valence-electron chi connectivity index (χ0n) is 16.0. The number of hydrogen-bond acceptors (Lipinski definition) is 6. The van der Waals surface area contributed by atoms with Crippen molar-refractivity contribution in [1.82, 2.24) is 14.7 Å². The van der Waals surface area contributed by atoms with E-state index in [0.717, 1.165) is 24.6 Å². The first-order valence-corrected chi connectivity index (χ1v) is 11.5. The summed E-state index contributed by atoms with van der Waals surface area (Å²) in [5.41, 5.74) is 1.58. The van der Waals surface area contributed by atoms with Crippen molar-refractivity contribution in [2.24, 2.45) is 0 Å². The number of aryl methyl sites for hydroxylation is 1. The highest BCUT2D eigenvalue weighted by Crippen LogP contribution is 2.19. The summed E-state index contributed by atoms with van der Waals surface area (Å²) in [5, 5.41) is 3.70. The number of hydrogen-bond donors (Lipinski definition) is 2. The molecule has 2 N–H and O–H groups in total. The quantitative estimate of drug-likeness (QED) is 0.635. The van der Waals surface area contributed by atoms with E-state index >= 15 is 0 Å². The Labute approximate surface area is 171 Å². The van der Waals surface area contributed by atoms with Crippen molar-refractivity contribution in [3.8, 4) is 0 Å². The third-order valence-electron chi connectivity index (χ3n) is 4.52. The molecule has 1 aliphatic heterocycles. The third kappa shape index (κ3) is 6.32. The second-order valence-electron chi connectivity index (χ2n) is 6.95. The van der Waals surface area contributed by atoms with Gasteiger partial charge in [-0.1, -0.05) is 23.7 Å². The van der Waals surface area contributed by atoms with Gasteiger partial charge >= 0.3 is 0 Å². The topological polar surface area (TPSA) is 87.2 Å². The zero-order chi connectivity index (χ0) is 20.0. The van der Waals surface area contributed by atoms with Crippen LogP contribution in [0.2, 0.25) is 5.02 Å². The minimum absolute atomic E-state index is 0.0791. The molecule has 1 aromatic carbocycles. The normalized spacial score (nSPS) is 14.9. The monoisotopic (exact) mass is 423 g/mol. The second-order valence-corrected chi connectivity index (χ2v) is 9.19. The van der Waals surface area contributed by atoms with E-state index in [1.807, 2.05) is 13.0 Å². The average Bonchev–Trinajstić information content (AvgIpc) is 2.67. The van der Waals surface area contributed by atoms with E-state index in [4.69, 9.17) is 11.6 Å². The Bertz CT molecular complexity index is 884. The van der Waals surface area contributed by atoms with E-state index in [1.54, 1.807) is 24.3 Å².